The maximum absolute atomic E-state index is 13.8. The summed E-state index contributed by atoms with van der Waals surface area (Å²) >= 11 is 0. The molecule has 3 rings (SSSR count). The first-order valence-corrected chi connectivity index (χ1v) is 10.8. The summed E-state index contributed by atoms with van der Waals surface area (Å²) in [6, 6.07) is 11.4. The molecule has 0 bridgehead atoms. The minimum Gasteiger partial charge on any atom is -0.347 e. The van der Waals surface area contributed by atoms with Gasteiger partial charge in [-0.25, -0.2) is 12.8 Å². The Labute approximate surface area is 169 Å². The lowest BCUT2D eigenvalue weighted by atomic mass is 10.2. The zero-order chi connectivity index (χ0) is 21.2. The van der Waals surface area contributed by atoms with E-state index in [1.807, 2.05) is 24.4 Å². The van der Waals surface area contributed by atoms with Crippen molar-refractivity contribution in [2.24, 2.45) is 5.92 Å². The summed E-state index contributed by atoms with van der Waals surface area (Å²) < 4.78 is 42.9. The molecule has 3 aromatic rings. The van der Waals surface area contributed by atoms with E-state index in [1.165, 1.54) is 19.1 Å². The number of benzene rings is 2. The predicted octanol–water partition coefficient (Wildman–Crippen LogP) is 3.74. The molecule has 0 aliphatic rings. The Balaban J connectivity index is 1.72. The smallest absolute Gasteiger partial charge is 0.244 e. The standard InChI is InChI=1S/C21H24FN3O3S/c1-14(2)13-25-11-10-16-12-17(8-9-19(16)25)23-21(26)15(3)24-29(27,28)20-7-5-4-6-18(20)22/h4-12,14-15,24H,13H2,1-3H3,(H,23,26)/t15-/m0/s1. The van der Waals surface area contributed by atoms with Crippen molar-refractivity contribution in [3.63, 3.8) is 0 Å². The quantitative estimate of drug-likeness (QED) is 0.615. The van der Waals surface area contributed by atoms with Crippen molar-refractivity contribution in [3.8, 4) is 0 Å². The molecule has 0 saturated carbocycles. The highest BCUT2D eigenvalue weighted by Crippen LogP contribution is 2.22. The summed E-state index contributed by atoms with van der Waals surface area (Å²) in [5.41, 5.74) is 1.62. The Morgan fingerprint density at radius 3 is 2.52 bits per heavy atom. The molecule has 2 aromatic carbocycles. The molecule has 0 fully saturated rings. The number of nitrogens with one attached hydrogen (secondary N) is 2. The number of halogens is 1. The Morgan fingerprint density at radius 2 is 1.83 bits per heavy atom. The minimum atomic E-state index is -4.16. The lowest BCUT2D eigenvalue weighted by Crippen LogP contribution is -2.41. The van der Waals surface area contributed by atoms with Crippen molar-refractivity contribution >= 4 is 32.5 Å². The fourth-order valence-corrected chi connectivity index (χ4v) is 4.38. The Hall–Kier alpha value is -2.71. The summed E-state index contributed by atoms with van der Waals surface area (Å²) in [5.74, 6) is -0.900. The molecule has 0 aliphatic heterocycles. The van der Waals surface area contributed by atoms with Gasteiger partial charge < -0.3 is 9.88 Å². The molecule has 8 heteroatoms. The minimum absolute atomic E-state index is 0.493. The molecule has 1 aromatic heterocycles. The highest BCUT2D eigenvalue weighted by atomic mass is 32.2. The fraction of sp³-hybridized carbons (Fsp3) is 0.286. The van der Waals surface area contributed by atoms with Crippen LogP contribution < -0.4 is 10.0 Å². The molecule has 0 saturated heterocycles. The van der Waals surface area contributed by atoms with Gasteiger partial charge in [0, 0.05) is 29.3 Å². The van der Waals surface area contributed by atoms with E-state index >= 15 is 0 Å². The van der Waals surface area contributed by atoms with Gasteiger partial charge in [0.2, 0.25) is 15.9 Å². The third kappa shape index (κ3) is 4.83. The van der Waals surface area contributed by atoms with E-state index in [9.17, 15) is 17.6 Å². The monoisotopic (exact) mass is 417 g/mol. The van der Waals surface area contributed by atoms with Crippen LogP contribution in [0.1, 0.15) is 20.8 Å². The molecule has 1 heterocycles. The first-order chi connectivity index (χ1) is 13.7. The number of hydrogen-bond acceptors (Lipinski definition) is 3. The molecular weight excluding hydrogens is 393 g/mol. The van der Waals surface area contributed by atoms with Crippen molar-refractivity contribution in [2.75, 3.05) is 5.32 Å². The molecule has 1 atom stereocenters. The van der Waals surface area contributed by atoms with E-state index in [4.69, 9.17) is 0 Å². The van der Waals surface area contributed by atoms with Gasteiger partial charge in [0.05, 0.1) is 6.04 Å². The lowest BCUT2D eigenvalue weighted by Gasteiger charge is -2.15. The average molecular weight is 418 g/mol. The highest BCUT2D eigenvalue weighted by Gasteiger charge is 2.24. The van der Waals surface area contributed by atoms with Crippen molar-refractivity contribution in [2.45, 2.75) is 38.3 Å². The summed E-state index contributed by atoms with van der Waals surface area (Å²) in [4.78, 5) is 12.0. The van der Waals surface area contributed by atoms with E-state index in [-0.39, 0.29) is 0 Å². The SMILES string of the molecule is CC(C)Cn1ccc2cc(NC(=O)[C@H](C)NS(=O)(=O)c3ccccc3F)ccc21. The van der Waals surface area contributed by atoms with Crippen LogP contribution in [0, 0.1) is 11.7 Å². The number of nitrogens with zero attached hydrogens (tertiary/aromatic N) is 1. The van der Waals surface area contributed by atoms with Crippen LogP contribution in [0.25, 0.3) is 10.9 Å². The third-order valence-electron chi connectivity index (χ3n) is 4.45. The number of rotatable bonds is 7. The van der Waals surface area contributed by atoms with Gasteiger partial charge in [-0.15, -0.1) is 0 Å². The van der Waals surface area contributed by atoms with E-state index < -0.39 is 32.7 Å². The number of carbonyl (C=O) groups excluding carboxylic acids is 1. The number of carbonyl (C=O) groups is 1. The topological polar surface area (TPSA) is 80.2 Å². The lowest BCUT2D eigenvalue weighted by molar-refractivity contribution is -0.117. The maximum atomic E-state index is 13.8. The van der Waals surface area contributed by atoms with Gasteiger partial charge in [0.15, 0.2) is 0 Å². The highest BCUT2D eigenvalue weighted by molar-refractivity contribution is 7.89. The number of anilines is 1. The van der Waals surface area contributed by atoms with E-state index in [0.717, 1.165) is 29.6 Å². The molecule has 0 unspecified atom stereocenters. The van der Waals surface area contributed by atoms with Crippen LogP contribution in [0.5, 0.6) is 0 Å². The molecule has 29 heavy (non-hydrogen) atoms. The normalized spacial score (nSPS) is 13.0. The molecule has 6 nitrogen and oxygen atoms in total. The summed E-state index contributed by atoms with van der Waals surface area (Å²) in [5, 5.41) is 3.68. The number of hydrogen-bond donors (Lipinski definition) is 2. The molecule has 0 radical (unpaired) electrons. The second-order valence-electron chi connectivity index (χ2n) is 7.40. The van der Waals surface area contributed by atoms with Crippen molar-refractivity contribution in [1.82, 2.24) is 9.29 Å². The van der Waals surface area contributed by atoms with Gasteiger partial charge >= 0.3 is 0 Å². The van der Waals surface area contributed by atoms with Gasteiger partial charge in [-0.05, 0) is 49.2 Å². The summed E-state index contributed by atoms with van der Waals surface area (Å²) in [7, 11) is -4.16. The maximum Gasteiger partial charge on any atom is 0.244 e. The number of aromatic nitrogens is 1. The van der Waals surface area contributed by atoms with E-state index in [1.54, 1.807) is 6.07 Å². The van der Waals surface area contributed by atoms with Crippen LogP contribution in [0.2, 0.25) is 0 Å². The fourth-order valence-electron chi connectivity index (χ4n) is 3.09. The second kappa shape index (κ2) is 8.34. The van der Waals surface area contributed by atoms with Gasteiger partial charge in [0.25, 0.3) is 0 Å². The van der Waals surface area contributed by atoms with Crippen LogP contribution in [0.4, 0.5) is 10.1 Å². The summed E-state index contributed by atoms with van der Waals surface area (Å²) in [6.07, 6.45) is 2.00. The van der Waals surface area contributed by atoms with Gasteiger partial charge in [-0.3, -0.25) is 4.79 Å². The molecule has 1 amide bonds. The van der Waals surface area contributed by atoms with Gasteiger partial charge in [-0.2, -0.15) is 4.72 Å². The first-order valence-electron chi connectivity index (χ1n) is 9.34. The number of amides is 1. The Bertz CT molecular complexity index is 1140. The molecule has 154 valence electrons. The molecule has 0 aliphatic carbocycles. The van der Waals surface area contributed by atoms with Crippen molar-refractivity contribution < 1.29 is 17.6 Å². The number of fused-ring (bicyclic) bond motifs is 1. The molecule has 2 N–H and O–H groups in total. The van der Waals surface area contributed by atoms with Crippen LogP contribution in [0.15, 0.2) is 59.6 Å². The third-order valence-corrected chi connectivity index (χ3v) is 6.03. The van der Waals surface area contributed by atoms with E-state index in [2.05, 4.69) is 28.5 Å². The largest absolute Gasteiger partial charge is 0.347 e. The van der Waals surface area contributed by atoms with Crippen LogP contribution >= 0.6 is 0 Å². The van der Waals surface area contributed by atoms with Crippen LogP contribution in [-0.4, -0.2) is 24.9 Å². The Morgan fingerprint density at radius 1 is 1.10 bits per heavy atom. The zero-order valence-electron chi connectivity index (χ0n) is 16.5. The first kappa shape index (κ1) is 21.0. The van der Waals surface area contributed by atoms with Crippen LogP contribution in [-0.2, 0) is 21.4 Å². The summed E-state index contributed by atoms with van der Waals surface area (Å²) in [6.45, 7) is 6.59. The van der Waals surface area contributed by atoms with Crippen LogP contribution in [0.3, 0.4) is 0 Å². The van der Waals surface area contributed by atoms with Gasteiger partial charge in [-0.1, -0.05) is 26.0 Å². The molecular formula is C21H24FN3O3S. The Kier molecular flexibility index (Phi) is 6.04. The molecule has 0 spiro atoms. The van der Waals surface area contributed by atoms with Crippen molar-refractivity contribution in [3.05, 3.63) is 60.5 Å². The van der Waals surface area contributed by atoms with E-state index in [0.29, 0.717) is 11.6 Å². The number of sulfonamides is 1. The van der Waals surface area contributed by atoms with Crippen molar-refractivity contribution in [1.29, 1.82) is 0 Å². The predicted molar refractivity (Wildman–Crippen MR) is 112 cm³/mol. The average Bonchev–Trinajstić information content (AvgIpc) is 3.03. The van der Waals surface area contributed by atoms with Gasteiger partial charge in [0.1, 0.15) is 10.7 Å². The zero-order valence-corrected chi connectivity index (χ0v) is 17.3. The second-order valence-corrected chi connectivity index (χ2v) is 9.08.